The van der Waals surface area contributed by atoms with Crippen molar-refractivity contribution in [2.75, 3.05) is 6.54 Å². The Morgan fingerprint density at radius 3 is 2.58 bits per heavy atom. The van der Waals surface area contributed by atoms with Crippen LogP contribution in [-0.2, 0) is 10.3 Å². The van der Waals surface area contributed by atoms with E-state index in [0.717, 1.165) is 29.5 Å². The Morgan fingerprint density at radius 1 is 1.23 bits per heavy atom. The van der Waals surface area contributed by atoms with E-state index >= 15 is 0 Å². The number of halogens is 1. The van der Waals surface area contributed by atoms with Gasteiger partial charge in [0.2, 0.25) is 0 Å². The molecule has 1 unspecified atom stereocenters. The van der Waals surface area contributed by atoms with E-state index in [1.54, 1.807) is 6.08 Å². The number of nitrogens with zero attached hydrogens (tertiary/aromatic N) is 2. The Kier molecular flexibility index (Phi) is 4.08. The van der Waals surface area contributed by atoms with Gasteiger partial charge in [0.05, 0.1) is 0 Å². The fourth-order valence-corrected chi connectivity index (χ4v) is 3.89. The number of carbonyl (C=O) groups excluding carboxylic acids is 1. The van der Waals surface area contributed by atoms with Crippen LogP contribution in [0.15, 0.2) is 66.2 Å². The Morgan fingerprint density at radius 2 is 1.92 bits per heavy atom. The van der Waals surface area contributed by atoms with Gasteiger partial charge in [0.1, 0.15) is 0 Å². The maximum absolute atomic E-state index is 13.3. The minimum atomic E-state index is -0.915. The van der Waals surface area contributed by atoms with Crippen LogP contribution < -0.4 is 5.73 Å². The van der Waals surface area contributed by atoms with Crippen LogP contribution in [0.2, 0.25) is 5.02 Å². The van der Waals surface area contributed by atoms with Crippen LogP contribution in [0.5, 0.6) is 0 Å². The maximum Gasteiger partial charge on any atom is 0.262 e. The SMILES string of the molecule is C=CCN1C(=O)C(c2cccc(-c3cccc(Cl)c3)c2)(C2CC2)N=C1N. The standard InChI is InChI=1S/C21H20ClN3O/c1-2-11-25-19(26)21(16-9-10-16,24-20(25)23)17-7-3-5-14(12-17)15-6-4-8-18(22)13-15/h2-8,12-13,16H,1,9-11H2,(H2,23,24). The van der Waals surface area contributed by atoms with Crippen molar-refractivity contribution in [2.45, 2.75) is 18.4 Å². The maximum atomic E-state index is 13.3. The smallest absolute Gasteiger partial charge is 0.262 e. The van der Waals surface area contributed by atoms with Crippen molar-refractivity contribution in [2.24, 2.45) is 16.6 Å². The monoisotopic (exact) mass is 365 g/mol. The molecular formula is C21H20ClN3O. The lowest BCUT2D eigenvalue weighted by Crippen LogP contribution is -2.44. The molecule has 0 bridgehead atoms. The van der Waals surface area contributed by atoms with Crippen molar-refractivity contribution in [3.05, 3.63) is 71.8 Å². The molecule has 1 heterocycles. The van der Waals surface area contributed by atoms with Crippen LogP contribution in [0, 0.1) is 5.92 Å². The molecule has 0 radical (unpaired) electrons. The van der Waals surface area contributed by atoms with Gasteiger partial charge in [-0.05, 0) is 53.6 Å². The number of amides is 1. The summed E-state index contributed by atoms with van der Waals surface area (Å²) in [6.07, 6.45) is 3.63. The highest BCUT2D eigenvalue weighted by molar-refractivity contribution is 6.30. The highest BCUT2D eigenvalue weighted by Gasteiger charge is 2.57. The van der Waals surface area contributed by atoms with Gasteiger partial charge in [-0.25, -0.2) is 4.99 Å². The molecule has 2 N–H and O–H groups in total. The second kappa shape index (κ2) is 6.29. The third kappa shape index (κ3) is 2.61. The number of hydrogen-bond donors (Lipinski definition) is 1. The van der Waals surface area contributed by atoms with Gasteiger partial charge in [-0.3, -0.25) is 9.69 Å². The minimum Gasteiger partial charge on any atom is -0.369 e. The Bertz CT molecular complexity index is 919. The van der Waals surface area contributed by atoms with Crippen LogP contribution in [0.4, 0.5) is 0 Å². The molecule has 132 valence electrons. The van der Waals surface area contributed by atoms with Crippen molar-refractivity contribution >= 4 is 23.5 Å². The van der Waals surface area contributed by atoms with Gasteiger partial charge in [0, 0.05) is 11.6 Å². The first-order valence-corrected chi connectivity index (χ1v) is 9.08. The van der Waals surface area contributed by atoms with Crippen molar-refractivity contribution < 1.29 is 4.79 Å². The molecule has 0 aromatic heterocycles. The number of rotatable bonds is 5. The van der Waals surface area contributed by atoms with Gasteiger partial charge in [-0.1, -0.05) is 48.0 Å². The van der Waals surface area contributed by atoms with E-state index < -0.39 is 5.54 Å². The summed E-state index contributed by atoms with van der Waals surface area (Å²) >= 11 is 6.14. The molecule has 1 saturated carbocycles. The van der Waals surface area contributed by atoms with Gasteiger partial charge < -0.3 is 5.73 Å². The quantitative estimate of drug-likeness (QED) is 0.815. The second-order valence-corrected chi connectivity index (χ2v) is 7.24. The zero-order valence-corrected chi connectivity index (χ0v) is 15.1. The number of hydrogen-bond acceptors (Lipinski definition) is 3. The average Bonchev–Trinajstić information content (AvgIpc) is 3.46. The lowest BCUT2D eigenvalue weighted by Gasteiger charge is -2.26. The largest absolute Gasteiger partial charge is 0.369 e. The van der Waals surface area contributed by atoms with E-state index in [4.69, 9.17) is 17.3 Å². The zero-order valence-electron chi connectivity index (χ0n) is 14.4. The molecule has 1 amide bonds. The summed E-state index contributed by atoms with van der Waals surface area (Å²) in [6, 6.07) is 15.7. The van der Waals surface area contributed by atoms with E-state index in [1.165, 1.54) is 4.90 Å². The molecule has 26 heavy (non-hydrogen) atoms. The topological polar surface area (TPSA) is 58.7 Å². The van der Waals surface area contributed by atoms with Crippen LogP contribution in [0.3, 0.4) is 0 Å². The molecule has 1 fully saturated rings. The molecule has 5 heteroatoms. The summed E-state index contributed by atoms with van der Waals surface area (Å²) in [5.41, 5.74) is 8.08. The predicted octanol–water partition coefficient (Wildman–Crippen LogP) is 3.96. The molecule has 4 rings (SSSR count). The molecule has 0 saturated heterocycles. The molecule has 0 spiro atoms. The van der Waals surface area contributed by atoms with Gasteiger partial charge in [-0.15, -0.1) is 6.58 Å². The Hall–Kier alpha value is -2.59. The van der Waals surface area contributed by atoms with Gasteiger partial charge in [0.15, 0.2) is 11.5 Å². The first-order valence-electron chi connectivity index (χ1n) is 8.71. The summed E-state index contributed by atoms with van der Waals surface area (Å²) in [6.45, 7) is 4.09. The molecule has 1 atom stereocenters. The van der Waals surface area contributed by atoms with Crippen molar-refractivity contribution in [1.82, 2.24) is 4.90 Å². The van der Waals surface area contributed by atoms with Gasteiger partial charge >= 0.3 is 0 Å². The fourth-order valence-electron chi connectivity index (χ4n) is 3.70. The number of nitrogens with two attached hydrogens (primary N) is 1. The molecule has 1 aliphatic heterocycles. The summed E-state index contributed by atoms with van der Waals surface area (Å²) in [5, 5.41) is 0.682. The summed E-state index contributed by atoms with van der Waals surface area (Å²) in [4.78, 5) is 19.5. The number of benzene rings is 2. The number of aliphatic imine (C=N–C) groups is 1. The van der Waals surface area contributed by atoms with Crippen LogP contribution in [0.1, 0.15) is 18.4 Å². The van der Waals surface area contributed by atoms with Crippen molar-refractivity contribution in [3.8, 4) is 11.1 Å². The fraction of sp³-hybridized carbons (Fsp3) is 0.238. The summed E-state index contributed by atoms with van der Waals surface area (Å²) in [5.74, 6) is 0.411. The summed E-state index contributed by atoms with van der Waals surface area (Å²) in [7, 11) is 0. The van der Waals surface area contributed by atoms with E-state index in [0.29, 0.717) is 11.6 Å². The normalized spacial score (nSPS) is 22.4. The van der Waals surface area contributed by atoms with Gasteiger partial charge in [-0.2, -0.15) is 0 Å². The second-order valence-electron chi connectivity index (χ2n) is 6.81. The number of guanidine groups is 1. The minimum absolute atomic E-state index is 0.0550. The molecule has 2 aromatic carbocycles. The zero-order chi connectivity index (χ0) is 18.3. The average molecular weight is 366 g/mol. The Labute approximate surface area is 158 Å². The van der Waals surface area contributed by atoms with E-state index in [2.05, 4.69) is 11.6 Å². The molecule has 4 nitrogen and oxygen atoms in total. The third-order valence-corrected chi connectivity index (χ3v) is 5.31. The lowest BCUT2D eigenvalue weighted by atomic mass is 9.83. The highest BCUT2D eigenvalue weighted by Crippen LogP contribution is 2.52. The molecular weight excluding hydrogens is 346 g/mol. The van der Waals surface area contributed by atoms with Crippen LogP contribution in [-0.4, -0.2) is 23.3 Å². The molecule has 1 aliphatic carbocycles. The van der Waals surface area contributed by atoms with Gasteiger partial charge in [0.25, 0.3) is 5.91 Å². The number of carbonyl (C=O) groups is 1. The Balaban J connectivity index is 1.81. The van der Waals surface area contributed by atoms with Crippen LogP contribution >= 0.6 is 11.6 Å². The van der Waals surface area contributed by atoms with E-state index in [9.17, 15) is 4.79 Å². The van der Waals surface area contributed by atoms with E-state index in [1.807, 2.05) is 48.5 Å². The third-order valence-electron chi connectivity index (χ3n) is 5.08. The lowest BCUT2D eigenvalue weighted by molar-refractivity contribution is -0.131. The van der Waals surface area contributed by atoms with Crippen LogP contribution in [0.25, 0.3) is 11.1 Å². The molecule has 2 aliphatic rings. The summed E-state index contributed by atoms with van der Waals surface area (Å²) < 4.78 is 0. The first kappa shape index (κ1) is 16.9. The van der Waals surface area contributed by atoms with Crippen molar-refractivity contribution in [1.29, 1.82) is 0 Å². The van der Waals surface area contributed by atoms with Crippen molar-refractivity contribution in [3.63, 3.8) is 0 Å². The van der Waals surface area contributed by atoms with E-state index in [-0.39, 0.29) is 17.8 Å². The molecule has 2 aromatic rings. The highest BCUT2D eigenvalue weighted by atomic mass is 35.5. The first-order chi connectivity index (χ1) is 12.6. The predicted molar refractivity (Wildman–Crippen MR) is 105 cm³/mol.